The summed E-state index contributed by atoms with van der Waals surface area (Å²) in [5, 5.41) is 24.2. The van der Waals surface area contributed by atoms with Gasteiger partial charge in [0.15, 0.2) is 0 Å². The predicted octanol–water partition coefficient (Wildman–Crippen LogP) is 3.19. The number of amides is 1. The number of halogens is 1. The summed E-state index contributed by atoms with van der Waals surface area (Å²) in [5.74, 6) is 0.171. The molecule has 0 saturated carbocycles. The van der Waals surface area contributed by atoms with Crippen LogP contribution in [-0.4, -0.2) is 50.2 Å². The first-order valence-electron chi connectivity index (χ1n) is 11.6. The van der Waals surface area contributed by atoms with Gasteiger partial charge in [0.2, 0.25) is 5.95 Å². The molecule has 2 aromatic heterocycles. The molecule has 0 bridgehead atoms. The van der Waals surface area contributed by atoms with E-state index in [-0.39, 0.29) is 17.8 Å². The molecule has 2 aromatic carbocycles. The summed E-state index contributed by atoms with van der Waals surface area (Å²) in [6.45, 7) is 1.91. The van der Waals surface area contributed by atoms with Crippen molar-refractivity contribution in [2.24, 2.45) is 0 Å². The number of nitriles is 1. The molecule has 36 heavy (non-hydrogen) atoms. The van der Waals surface area contributed by atoms with Gasteiger partial charge in [0.25, 0.3) is 5.91 Å². The number of carbonyl (C=O) groups is 1. The van der Waals surface area contributed by atoms with Gasteiger partial charge in [-0.3, -0.25) is 9.78 Å². The number of carbonyl (C=O) groups excluding carboxylic acids is 1. The van der Waals surface area contributed by atoms with Gasteiger partial charge in [0, 0.05) is 30.9 Å². The number of nitrogens with one attached hydrogen (secondary N) is 1. The molecular weight excluding hydrogens is 459 g/mol. The zero-order valence-electron chi connectivity index (χ0n) is 19.4. The third kappa shape index (κ3) is 5.20. The molecule has 1 amide bonds. The molecule has 0 atom stereocenters. The molecular formula is C26H23FN8O. The van der Waals surface area contributed by atoms with Gasteiger partial charge in [-0.2, -0.15) is 5.26 Å². The zero-order chi connectivity index (χ0) is 24.9. The molecule has 0 aliphatic carbocycles. The van der Waals surface area contributed by atoms with Gasteiger partial charge in [-0.1, -0.05) is 29.4 Å². The first kappa shape index (κ1) is 23.1. The fraction of sp³-hybridized carbons (Fsp3) is 0.231. The van der Waals surface area contributed by atoms with Gasteiger partial charge >= 0.3 is 0 Å². The number of piperidine rings is 1. The summed E-state index contributed by atoms with van der Waals surface area (Å²) in [4.78, 5) is 19.2. The van der Waals surface area contributed by atoms with E-state index in [9.17, 15) is 9.18 Å². The number of pyridine rings is 1. The maximum atomic E-state index is 13.5. The van der Waals surface area contributed by atoms with Crippen LogP contribution >= 0.6 is 0 Å². The van der Waals surface area contributed by atoms with Crippen LogP contribution in [-0.2, 0) is 6.54 Å². The Morgan fingerprint density at radius 3 is 2.61 bits per heavy atom. The van der Waals surface area contributed by atoms with Crippen LogP contribution in [0.3, 0.4) is 0 Å². The minimum atomic E-state index is -0.328. The Kier molecular flexibility index (Phi) is 6.62. The van der Waals surface area contributed by atoms with E-state index in [0.29, 0.717) is 48.0 Å². The van der Waals surface area contributed by atoms with Crippen LogP contribution in [0.1, 0.15) is 34.3 Å². The minimum Gasteiger partial charge on any atom is -0.349 e. The molecule has 1 saturated heterocycles. The van der Waals surface area contributed by atoms with E-state index in [4.69, 9.17) is 5.26 Å². The molecule has 3 heterocycles. The Morgan fingerprint density at radius 1 is 1.11 bits per heavy atom. The fourth-order valence-electron chi connectivity index (χ4n) is 4.23. The molecule has 0 unspecified atom stereocenters. The first-order valence-corrected chi connectivity index (χ1v) is 11.6. The zero-order valence-corrected chi connectivity index (χ0v) is 19.4. The average Bonchev–Trinajstić information content (AvgIpc) is 3.37. The number of hydrogen-bond acceptors (Lipinski definition) is 7. The Hall–Kier alpha value is -4.65. The molecule has 1 aliphatic heterocycles. The summed E-state index contributed by atoms with van der Waals surface area (Å²) in [5.41, 5.74) is 3.35. The lowest BCUT2D eigenvalue weighted by atomic mass is 10.0. The van der Waals surface area contributed by atoms with Gasteiger partial charge in [-0.25, -0.2) is 9.07 Å². The highest BCUT2D eigenvalue weighted by Gasteiger charge is 2.24. The van der Waals surface area contributed by atoms with Crippen LogP contribution < -0.4 is 10.2 Å². The van der Waals surface area contributed by atoms with Gasteiger partial charge in [-0.15, -0.1) is 0 Å². The standard InChI is InChI=1S/C26H23FN8O/c27-22-3-1-2-20(14-22)24-9-8-21(16-29-24)25(36)30-23-10-12-34(13-11-23)26-31-32-33-35(26)17-19-6-4-18(15-28)5-7-19/h1-9,14,16,23H,10-13,17H2,(H,30,36). The number of aromatic nitrogens is 5. The lowest BCUT2D eigenvalue weighted by Gasteiger charge is -2.32. The summed E-state index contributed by atoms with van der Waals surface area (Å²) in [6, 6.07) is 19.1. The van der Waals surface area contributed by atoms with Crippen molar-refractivity contribution in [2.45, 2.75) is 25.4 Å². The second-order valence-corrected chi connectivity index (χ2v) is 8.62. The van der Waals surface area contributed by atoms with E-state index in [1.54, 1.807) is 41.1 Å². The van der Waals surface area contributed by atoms with E-state index >= 15 is 0 Å². The van der Waals surface area contributed by atoms with Crippen LogP contribution in [0.25, 0.3) is 11.3 Å². The Bertz CT molecular complexity index is 1390. The normalized spacial score (nSPS) is 13.8. The van der Waals surface area contributed by atoms with Crippen LogP contribution in [0, 0.1) is 17.1 Å². The molecule has 1 aliphatic rings. The van der Waals surface area contributed by atoms with E-state index in [0.717, 1.165) is 18.4 Å². The number of tetrazole rings is 1. The highest BCUT2D eigenvalue weighted by atomic mass is 19.1. The van der Waals surface area contributed by atoms with Crippen LogP contribution in [0.2, 0.25) is 0 Å². The average molecular weight is 483 g/mol. The van der Waals surface area contributed by atoms with Crippen molar-refractivity contribution >= 4 is 11.9 Å². The lowest BCUT2D eigenvalue weighted by Crippen LogP contribution is -2.45. The van der Waals surface area contributed by atoms with E-state index in [1.165, 1.54) is 18.3 Å². The second-order valence-electron chi connectivity index (χ2n) is 8.62. The van der Waals surface area contributed by atoms with Crippen LogP contribution in [0.15, 0.2) is 66.9 Å². The molecule has 1 fully saturated rings. The topological polar surface area (TPSA) is 113 Å². The van der Waals surface area contributed by atoms with Crippen molar-refractivity contribution in [3.8, 4) is 17.3 Å². The number of benzene rings is 2. The Morgan fingerprint density at radius 2 is 1.92 bits per heavy atom. The SMILES string of the molecule is N#Cc1ccc(Cn2nnnc2N2CCC(NC(=O)c3ccc(-c4cccc(F)c4)nc3)CC2)cc1. The molecule has 4 aromatic rings. The predicted molar refractivity (Wildman–Crippen MR) is 130 cm³/mol. The fourth-order valence-corrected chi connectivity index (χ4v) is 4.23. The van der Waals surface area contributed by atoms with Crippen molar-refractivity contribution in [3.63, 3.8) is 0 Å². The molecule has 0 spiro atoms. The van der Waals surface area contributed by atoms with Gasteiger partial charge in [0.05, 0.1) is 29.4 Å². The molecule has 9 nitrogen and oxygen atoms in total. The molecule has 5 rings (SSSR count). The van der Waals surface area contributed by atoms with Crippen molar-refractivity contribution in [2.75, 3.05) is 18.0 Å². The molecule has 1 N–H and O–H groups in total. The summed E-state index contributed by atoms with van der Waals surface area (Å²) in [7, 11) is 0. The second kappa shape index (κ2) is 10.3. The Balaban J connectivity index is 1.16. The highest BCUT2D eigenvalue weighted by Crippen LogP contribution is 2.20. The summed E-state index contributed by atoms with van der Waals surface area (Å²) < 4.78 is 15.2. The van der Waals surface area contributed by atoms with Crippen molar-refractivity contribution in [1.29, 1.82) is 5.26 Å². The number of nitrogens with zero attached hydrogens (tertiary/aromatic N) is 7. The third-order valence-corrected chi connectivity index (χ3v) is 6.19. The van der Waals surface area contributed by atoms with Gasteiger partial charge in [-0.05, 0) is 65.2 Å². The number of hydrogen-bond donors (Lipinski definition) is 1. The maximum absolute atomic E-state index is 13.5. The highest BCUT2D eigenvalue weighted by molar-refractivity contribution is 5.94. The molecule has 0 radical (unpaired) electrons. The first-order chi connectivity index (χ1) is 17.6. The quantitative estimate of drug-likeness (QED) is 0.449. The largest absolute Gasteiger partial charge is 0.349 e. The minimum absolute atomic E-state index is 0.0273. The Labute approximate surface area is 207 Å². The number of anilines is 1. The van der Waals surface area contributed by atoms with Crippen molar-refractivity contribution in [1.82, 2.24) is 30.5 Å². The van der Waals surface area contributed by atoms with Gasteiger partial charge in [0.1, 0.15) is 5.82 Å². The van der Waals surface area contributed by atoms with E-state index < -0.39 is 0 Å². The van der Waals surface area contributed by atoms with E-state index in [1.807, 2.05) is 12.1 Å². The maximum Gasteiger partial charge on any atom is 0.253 e. The van der Waals surface area contributed by atoms with Crippen LogP contribution in [0.5, 0.6) is 0 Å². The van der Waals surface area contributed by atoms with Crippen LogP contribution in [0.4, 0.5) is 10.3 Å². The van der Waals surface area contributed by atoms with Crippen molar-refractivity contribution in [3.05, 3.63) is 89.4 Å². The summed E-state index contributed by atoms with van der Waals surface area (Å²) >= 11 is 0. The van der Waals surface area contributed by atoms with Gasteiger partial charge < -0.3 is 10.2 Å². The van der Waals surface area contributed by atoms with Crippen molar-refractivity contribution < 1.29 is 9.18 Å². The lowest BCUT2D eigenvalue weighted by molar-refractivity contribution is 0.0930. The monoisotopic (exact) mass is 482 g/mol. The number of rotatable bonds is 6. The molecule has 10 heteroatoms. The smallest absolute Gasteiger partial charge is 0.253 e. The molecule has 180 valence electrons. The summed E-state index contributed by atoms with van der Waals surface area (Å²) in [6.07, 6.45) is 3.02. The van der Waals surface area contributed by atoms with E-state index in [2.05, 4.69) is 36.8 Å². The third-order valence-electron chi connectivity index (χ3n) is 6.19.